The monoisotopic (exact) mass is 222 g/mol. The summed E-state index contributed by atoms with van der Waals surface area (Å²) in [6.07, 6.45) is 0. The summed E-state index contributed by atoms with van der Waals surface area (Å²) in [6.45, 7) is 7.17. The van der Waals surface area contributed by atoms with Gasteiger partial charge in [0.1, 0.15) is 0 Å². The fourth-order valence-electron chi connectivity index (χ4n) is 2.18. The molecule has 1 aliphatic rings. The molecule has 5 heteroatoms. The fraction of sp³-hybridized carbons (Fsp3) is 0.636. The van der Waals surface area contributed by atoms with E-state index in [0.29, 0.717) is 18.0 Å². The molecule has 1 fully saturated rings. The number of amides is 1. The number of rotatable bonds is 1. The molecule has 1 saturated heterocycles. The van der Waals surface area contributed by atoms with Crippen LogP contribution in [0.2, 0.25) is 0 Å². The Bertz CT molecular complexity index is 383. The Morgan fingerprint density at radius 2 is 2.19 bits per heavy atom. The largest absolute Gasteiger partial charge is 0.337 e. The van der Waals surface area contributed by atoms with E-state index in [-0.39, 0.29) is 11.9 Å². The maximum absolute atomic E-state index is 12.3. The third-order valence-electron chi connectivity index (χ3n) is 3.30. The highest BCUT2D eigenvalue weighted by molar-refractivity contribution is 5.96. The Morgan fingerprint density at radius 1 is 1.50 bits per heavy atom. The van der Waals surface area contributed by atoms with E-state index in [1.54, 1.807) is 0 Å². The van der Waals surface area contributed by atoms with Gasteiger partial charge in [0.15, 0.2) is 0 Å². The Hall–Kier alpha value is -1.36. The van der Waals surface area contributed by atoms with Crippen LogP contribution in [0.4, 0.5) is 0 Å². The first-order valence-corrected chi connectivity index (χ1v) is 5.57. The van der Waals surface area contributed by atoms with Gasteiger partial charge in [-0.05, 0) is 19.8 Å². The van der Waals surface area contributed by atoms with Crippen LogP contribution in [-0.2, 0) is 0 Å². The van der Waals surface area contributed by atoms with E-state index in [2.05, 4.69) is 17.1 Å². The number of aromatic amines is 1. The number of H-pyrrole nitrogens is 1. The minimum atomic E-state index is 0.0450. The maximum atomic E-state index is 12.3. The summed E-state index contributed by atoms with van der Waals surface area (Å²) in [6, 6.07) is 0.0939. The minimum Gasteiger partial charge on any atom is -0.337 e. The van der Waals surface area contributed by atoms with Crippen molar-refractivity contribution < 1.29 is 4.79 Å². The van der Waals surface area contributed by atoms with Gasteiger partial charge in [0, 0.05) is 24.8 Å². The second-order valence-corrected chi connectivity index (χ2v) is 4.66. The summed E-state index contributed by atoms with van der Waals surface area (Å²) in [7, 11) is 0. The van der Waals surface area contributed by atoms with Gasteiger partial charge >= 0.3 is 0 Å². The molecule has 0 bridgehead atoms. The van der Waals surface area contributed by atoms with Gasteiger partial charge in [0.2, 0.25) is 0 Å². The summed E-state index contributed by atoms with van der Waals surface area (Å²) >= 11 is 0. The number of nitrogens with two attached hydrogens (primary N) is 1. The van der Waals surface area contributed by atoms with E-state index >= 15 is 0 Å². The van der Waals surface area contributed by atoms with Crippen LogP contribution in [-0.4, -0.2) is 40.1 Å². The topological polar surface area (TPSA) is 75.0 Å². The number of carbonyl (C=O) groups is 1. The summed E-state index contributed by atoms with van der Waals surface area (Å²) in [5.74, 6) is 0.417. The highest BCUT2D eigenvalue weighted by Crippen LogP contribution is 2.19. The van der Waals surface area contributed by atoms with E-state index < -0.39 is 0 Å². The van der Waals surface area contributed by atoms with Gasteiger partial charge in [-0.1, -0.05) is 6.92 Å². The third kappa shape index (κ3) is 1.71. The average molecular weight is 222 g/mol. The molecule has 1 amide bonds. The molecule has 1 aromatic rings. The molecule has 2 rings (SSSR count). The van der Waals surface area contributed by atoms with Gasteiger partial charge in [0.05, 0.1) is 11.3 Å². The first kappa shape index (κ1) is 11.1. The maximum Gasteiger partial charge on any atom is 0.257 e. The molecule has 0 radical (unpaired) electrons. The van der Waals surface area contributed by atoms with Crippen molar-refractivity contribution in [3.63, 3.8) is 0 Å². The van der Waals surface area contributed by atoms with Crippen LogP contribution in [0, 0.1) is 19.8 Å². The van der Waals surface area contributed by atoms with Crippen molar-refractivity contribution in [3.05, 3.63) is 17.0 Å². The Balaban J connectivity index is 2.21. The van der Waals surface area contributed by atoms with Crippen molar-refractivity contribution >= 4 is 5.91 Å². The summed E-state index contributed by atoms with van der Waals surface area (Å²) in [4.78, 5) is 14.1. The zero-order valence-electron chi connectivity index (χ0n) is 9.95. The quantitative estimate of drug-likeness (QED) is 0.724. The number of aryl methyl sites for hydroxylation is 2. The summed E-state index contributed by atoms with van der Waals surface area (Å²) in [5.41, 5.74) is 8.20. The summed E-state index contributed by atoms with van der Waals surface area (Å²) in [5, 5.41) is 6.88. The van der Waals surface area contributed by atoms with Gasteiger partial charge in [0.25, 0.3) is 5.91 Å². The Kier molecular flexibility index (Phi) is 2.71. The Labute approximate surface area is 95.0 Å². The predicted octanol–water partition coefficient (Wildman–Crippen LogP) is 0.446. The number of aromatic nitrogens is 2. The zero-order valence-corrected chi connectivity index (χ0v) is 9.95. The molecule has 1 aliphatic heterocycles. The molecule has 2 unspecified atom stereocenters. The molecule has 0 spiro atoms. The van der Waals surface area contributed by atoms with Gasteiger partial charge in [-0.15, -0.1) is 0 Å². The lowest BCUT2D eigenvalue weighted by Gasteiger charge is -2.15. The van der Waals surface area contributed by atoms with Gasteiger partial charge in [-0.2, -0.15) is 5.10 Å². The van der Waals surface area contributed by atoms with Crippen LogP contribution in [0.1, 0.15) is 28.7 Å². The van der Waals surface area contributed by atoms with Crippen LogP contribution in [0.15, 0.2) is 0 Å². The van der Waals surface area contributed by atoms with Crippen LogP contribution in [0.5, 0.6) is 0 Å². The molecule has 88 valence electrons. The summed E-state index contributed by atoms with van der Waals surface area (Å²) < 4.78 is 0. The van der Waals surface area contributed by atoms with Crippen molar-refractivity contribution in [1.82, 2.24) is 15.1 Å². The zero-order chi connectivity index (χ0) is 11.9. The lowest BCUT2D eigenvalue weighted by Crippen LogP contribution is -2.32. The fourth-order valence-corrected chi connectivity index (χ4v) is 2.18. The number of likely N-dealkylation sites (tertiary alicyclic amines) is 1. The highest BCUT2D eigenvalue weighted by atomic mass is 16.2. The van der Waals surface area contributed by atoms with Crippen LogP contribution >= 0.6 is 0 Å². The van der Waals surface area contributed by atoms with E-state index in [1.165, 1.54) is 0 Å². The molecule has 3 N–H and O–H groups in total. The van der Waals surface area contributed by atoms with Crippen LogP contribution < -0.4 is 5.73 Å². The molecule has 2 atom stereocenters. The van der Waals surface area contributed by atoms with E-state index in [9.17, 15) is 4.79 Å². The molecule has 0 aliphatic carbocycles. The SMILES string of the molecule is Cc1n[nH]c(C)c1C(=O)N1CC(C)C(N)C1. The smallest absolute Gasteiger partial charge is 0.257 e. The third-order valence-corrected chi connectivity index (χ3v) is 3.30. The first-order chi connectivity index (χ1) is 7.50. The minimum absolute atomic E-state index is 0.0450. The lowest BCUT2D eigenvalue weighted by molar-refractivity contribution is 0.0785. The van der Waals surface area contributed by atoms with Crippen molar-refractivity contribution in [2.75, 3.05) is 13.1 Å². The van der Waals surface area contributed by atoms with E-state index in [1.807, 2.05) is 18.7 Å². The number of nitrogens with one attached hydrogen (secondary N) is 1. The number of nitrogens with zero attached hydrogens (tertiary/aromatic N) is 2. The Morgan fingerprint density at radius 3 is 2.62 bits per heavy atom. The molecule has 5 nitrogen and oxygen atoms in total. The number of carbonyl (C=O) groups excluding carboxylic acids is 1. The number of hydrogen-bond donors (Lipinski definition) is 2. The lowest BCUT2D eigenvalue weighted by atomic mass is 10.1. The van der Waals surface area contributed by atoms with Crippen LogP contribution in [0.3, 0.4) is 0 Å². The molecule has 2 heterocycles. The molecule has 0 aromatic carbocycles. The standard InChI is InChI=1S/C11H18N4O/c1-6-4-15(5-9(6)12)11(16)10-7(2)13-14-8(10)3/h6,9H,4-5,12H2,1-3H3,(H,13,14). The van der Waals surface area contributed by atoms with Gasteiger partial charge < -0.3 is 10.6 Å². The highest BCUT2D eigenvalue weighted by Gasteiger charge is 2.32. The van der Waals surface area contributed by atoms with Crippen molar-refractivity contribution in [3.8, 4) is 0 Å². The molecular formula is C11H18N4O. The van der Waals surface area contributed by atoms with Crippen molar-refractivity contribution in [2.45, 2.75) is 26.8 Å². The molecule has 1 aromatic heterocycles. The molecule has 0 saturated carbocycles. The van der Waals surface area contributed by atoms with Crippen LogP contribution in [0.25, 0.3) is 0 Å². The molecule has 16 heavy (non-hydrogen) atoms. The van der Waals surface area contributed by atoms with Crippen molar-refractivity contribution in [2.24, 2.45) is 11.7 Å². The predicted molar refractivity (Wildman–Crippen MR) is 61.1 cm³/mol. The average Bonchev–Trinajstić information content (AvgIpc) is 2.72. The number of hydrogen-bond acceptors (Lipinski definition) is 3. The van der Waals surface area contributed by atoms with Gasteiger partial charge in [-0.3, -0.25) is 9.89 Å². The van der Waals surface area contributed by atoms with Gasteiger partial charge in [-0.25, -0.2) is 0 Å². The normalized spacial score (nSPS) is 25.1. The van der Waals surface area contributed by atoms with E-state index in [4.69, 9.17) is 5.73 Å². The second-order valence-electron chi connectivity index (χ2n) is 4.66. The first-order valence-electron chi connectivity index (χ1n) is 5.57. The molecular weight excluding hydrogens is 204 g/mol. The second kappa shape index (κ2) is 3.90. The van der Waals surface area contributed by atoms with Crippen molar-refractivity contribution in [1.29, 1.82) is 0 Å². The van der Waals surface area contributed by atoms with E-state index in [0.717, 1.165) is 17.9 Å².